The second kappa shape index (κ2) is 9.49. The molecule has 0 unspecified atom stereocenters. The number of piperidine rings is 1. The first kappa shape index (κ1) is 26.6. The second-order valence-electron chi connectivity index (χ2n) is 10.4. The fourth-order valence-electron chi connectivity index (χ4n) is 5.58. The maximum absolute atomic E-state index is 15.0. The normalized spacial score (nSPS) is 22.1. The molecule has 0 spiro atoms. The van der Waals surface area contributed by atoms with Gasteiger partial charge in [0.05, 0.1) is 11.7 Å². The molecule has 2 fully saturated rings. The molecule has 1 aliphatic carbocycles. The van der Waals surface area contributed by atoms with Gasteiger partial charge in [-0.2, -0.15) is 18.2 Å². The zero-order valence-corrected chi connectivity index (χ0v) is 21.7. The van der Waals surface area contributed by atoms with Crippen molar-refractivity contribution >= 4 is 28.4 Å². The third-order valence-corrected chi connectivity index (χ3v) is 7.62. The Morgan fingerprint density at radius 1 is 1.10 bits per heavy atom. The lowest BCUT2D eigenvalue weighted by molar-refractivity contribution is -0.140. The predicted molar refractivity (Wildman–Crippen MR) is 136 cm³/mol. The molecule has 9 nitrogen and oxygen atoms in total. The van der Waals surface area contributed by atoms with Crippen LogP contribution in [0.15, 0.2) is 24.4 Å². The molecular formula is C25H27F6N9. The number of aromatic nitrogens is 6. The summed E-state index contributed by atoms with van der Waals surface area (Å²) in [6, 6.07) is 4.14. The number of fused-ring (bicyclic) bond motifs is 2. The predicted octanol–water partition coefficient (Wildman–Crippen LogP) is 4.68. The van der Waals surface area contributed by atoms with Crippen LogP contribution >= 0.6 is 0 Å². The molecule has 1 saturated heterocycles. The van der Waals surface area contributed by atoms with Gasteiger partial charge in [0.2, 0.25) is 5.95 Å². The first-order valence-corrected chi connectivity index (χ1v) is 12.9. The maximum Gasteiger partial charge on any atom is 0.406 e. The van der Waals surface area contributed by atoms with E-state index in [-0.39, 0.29) is 42.8 Å². The largest absolute Gasteiger partial charge is 0.406 e. The fourth-order valence-corrected chi connectivity index (χ4v) is 5.58. The summed E-state index contributed by atoms with van der Waals surface area (Å²) in [6.45, 7) is 0.849. The Balaban J connectivity index is 1.26. The Kier molecular flexibility index (Phi) is 6.31. The maximum atomic E-state index is 15.0. The standard InChI is InChI=1S/C25H27F6N9/c1-13-33-19-4-3-17(34-22(19)39(13)12-25(29,30)31)15-5-8-40-20(15)21(32-2)36-23(37-40)35-18-6-7-38(11-16(18)26)14-9-24(27,28)10-14/h3-5,8,14,16,18H,6-7,9-12H2,1-2H3,(H2,32,35,36,37)/t16-,18+/m1/s1. The Bertz CT molecular complexity index is 1550. The average Bonchev–Trinajstić information content (AvgIpc) is 3.43. The lowest BCUT2D eigenvalue weighted by Crippen LogP contribution is -2.57. The smallest absolute Gasteiger partial charge is 0.371 e. The van der Waals surface area contributed by atoms with E-state index in [2.05, 4.69) is 30.7 Å². The van der Waals surface area contributed by atoms with Crippen LogP contribution in [0.25, 0.3) is 27.9 Å². The van der Waals surface area contributed by atoms with Crippen molar-refractivity contribution in [3.8, 4) is 11.3 Å². The molecular weight excluding hydrogens is 540 g/mol. The Morgan fingerprint density at radius 2 is 1.88 bits per heavy atom. The molecule has 1 saturated carbocycles. The lowest BCUT2D eigenvalue weighted by atomic mass is 9.85. The van der Waals surface area contributed by atoms with Crippen LogP contribution in [0.3, 0.4) is 0 Å². The van der Waals surface area contributed by atoms with Crippen molar-refractivity contribution in [2.75, 3.05) is 30.8 Å². The topological polar surface area (TPSA) is 88.2 Å². The van der Waals surface area contributed by atoms with Crippen LogP contribution in [-0.4, -0.2) is 84.5 Å². The van der Waals surface area contributed by atoms with E-state index in [0.29, 0.717) is 41.1 Å². The number of likely N-dealkylation sites (tertiary alicyclic amines) is 1. The van der Waals surface area contributed by atoms with E-state index in [1.807, 2.05) is 0 Å². The highest BCUT2D eigenvalue weighted by atomic mass is 19.4. The summed E-state index contributed by atoms with van der Waals surface area (Å²) in [7, 11) is 1.66. The number of hydrogen-bond donors (Lipinski definition) is 2. The van der Waals surface area contributed by atoms with Crippen molar-refractivity contribution < 1.29 is 26.3 Å². The number of hydrogen-bond acceptors (Lipinski definition) is 7. The highest BCUT2D eigenvalue weighted by molar-refractivity contribution is 5.89. The molecule has 0 bridgehead atoms. The molecule has 0 amide bonds. The zero-order valence-electron chi connectivity index (χ0n) is 21.7. The molecule has 214 valence electrons. The van der Waals surface area contributed by atoms with Crippen LogP contribution in [0, 0.1) is 6.92 Å². The van der Waals surface area contributed by atoms with Gasteiger partial charge in [0.25, 0.3) is 5.92 Å². The minimum atomic E-state index is -4.43. The average molecular weight is 568 g/mol. The summed E-state index contributed by atoms with van der Waals surface area (Å²) in [5.74, 6) is -1.86. The molecule has 0 aromatic carbocycles. The highest BCUT2D eigenvalue weighted by Crippen LogP contribution is 2.41. The molecule has 2 N–H and O–H groups in total. The Hall–Kier alpha value is -3.62. The number of imidazole rings is 1. The van der Waals surface area contributed by atoms with E-state index < -0.39 is 30.9 Å². The number of rotatable bonds is 6. The summed E-state index contributed by atoms with van der Waals surface area (Å²) >= 11 is 0. The molecule has 0 radical (unpaired) electrons. The quantitative estimate of drug-likeness (QED) is 0.328. The van der Waals surface area contributed by atoms with E-state index >= 15 is 4.39 Å². The number of halogens is 6. The van der Waals surface area contributed by atoms with Crippen molar-refractivity contribution in [3.05, 3.63) is 30.2 Å². The first-order chi connectivity index (χ1) is 18.9. The number of alkyl halides is 6. The number of aryl methyl sites for hydroxylation is 1. The van der Waals surface area contributed by atoms with Crippen LogP contribution in [0.5, 0.6) is 0 Å². The Labute approximate surface area is 224 Å². The van der Waals surface area contributed by atoms with Gasteiger partial charge < -0.3 is 15.2 Å². The molecule has 15 heteroatoms. The van der Waals surface area contributed by atoms with Gasteiger partial charge in [-0.15, -0.1) is 5.10 Å². The zero-order chi connectivity index (χ0) is 28.4. The van der Waals surface area contributed by atoms with E-state index in [1.165, 1.54) is 6.92 Å². The monoisotopic (exact) mass is 567 g/mol. The van der Waals surface area contributed by atoms with E-state index in [9.17, 15) is 22.0 Å². The number of pyridine rings is 1. The fraction of sp³-hybridized carbons (Fsp3) is 0.520. The highest BCUT2D eigenvalue weighted by Gasteiger charge is 2.49. The van der Waals surface area contributed by atoms with Crippen LogP contribution in [-0.2, 0) is 6.54 Å². The van der Waals surface area contributed by atoms with Crippen molar-refractivity contribution in [2.45, 2.75) is 63.1 Å². The third kappa shape index (κ3) is 4.90. The third-order valence-electron chi connectivity index (χ3n) is 7.62. The molecule has 2 atom stereocenters. The van der Waals surface area contributed by atoms with E-state index in [0.717, 1.165) is 4.57 Å². The van der Waals surface area contributed by atoms with Gasteiger partial charge in [0.1, 0.15) is 29.6 Å². The van der Waals surface area contributed by atoms with Gasteiger partial charge in [-0.1, -0.05) is 0 Å². The summed E-state index contributed by atoms with van der Waals surface area (Å²) in [6.07, 6.45) is -4.12. The van der Waals surface area contributed by atoms with Crippen LogP contribution in [0.4, 0.5) is 38.1 Å². The molecule has 1 aliphatic heterocycles. The van der Waals surface area contributed by atoms with E-state index in [4.69, 9.17) is 0 Å². The van der Waals surface area contributed by atoms with Crippen LogP contribution in [0.2, 0.25) is 0 Å². The minimum absolute atomic E-state index is 0.0613. The molecule has 5 heterocycles. The number of nitrogens with zero attached hydrogens (tertiary/aromatic N) is 7. The van der Waals surface area contributed by atoms with E-state index in [1.54, 1.807) is 40.9 Å². The van der Waals surface area contributed by atoms with Gasteiger partial charge in [-0.3, -0.25) is 4.90 Å². The van der Waals surface area contributed by atoms with Crippen LogP contribution < -0.4 is 10.6 Å². The molecule has 4 aromatic rings. The summed E-state index contributed by atoms with van der Waals surface area (Å²) < 4.78 is 83.6. The van der Waals surface area contributed by atoms with Crippen molar-refractivity contribution in [1.29, 1.82) is 0 Å². The summed E-state index contributed by atoms with van der Waals surface area (Å²) in [5, 5.41) is 10.5. The number of anilines is 2. The van der Waals surface area contributed by atoms with Gasteiger partial charge >= 0.3 is 6.18 Å². The van der Waals surface area contributed by atoms with Gasteiger partial charge in [-0.25, -0.2) is 27.7 Å². The summed E-state index contributed by atoms with van der Waals surface area (Å²) in [4.78, 5) is 15.0. The minimum Gasteiger partial charge on any atom is -0.371 e. The second-order valence-corrected chi connectivity index (χ2v) is 10.4. The van der Waals surface area contributed by atoms with Crippen LogP contribution in [0.1, 0.15) is 25.1 Å². The van der Waals surface area contributed by atoms with Gasteiger partial charge in [0.15, 0.2) is 11.5 Å². The SMILES string of the molecule is CNc1nc(N[C@H]2CCN(C3CC(F)(F)C3)C[C@H]2F)nn2ccc(-c3ccc4nc(C)n(CC(F)(F)F)c4n3)c12. The number of nitrogens with one attached hydrogen (secondary N) is 2. The lowest BCUT2D eigenvalue weighted by Gasteiger charge is -2.46. The molecule has 4 aromatic heterocycles. The molecule has 2 aliphatic rings. The van der Waals surface area contributed by atoms with Crippen molar-refractivity contribution in [1.82, 2.24) is 34.0 Å². The molecule has 6 rings (SSSR count). The Morgan fingerprint density at radius 3 is 2.55 bits per heavy atom. The first-order valence-electron chi connectivity index (χ1n) is 12.9. The van der Waals surface area contributed by atoms with Crippen molar-refractivity contribution in [2.24, 2.45) is 0 Å². The van der Waals surface area contributed by atoms with Gasteiger partial charge in [-0.05, 0) is 31.5 Å². The van der Waals surface area contributed by atoms with Gasteiger partial charge in [0, 0.05) is 50.8 Å². The van der Waals surface area contributed by atoms with Crippen molar-refractivity contribution in [3.63, 3.8) is 0 Å². The summed E-state index contributed by atoms with van der Waals surface area (Å²) in [5.41, 5.74) is 2.00. The molecule has 40 heavy (non-hydrogen) atoms.